The number of carbonyl (C=O) groups is 1. The van der Waals surface area contributed by atoms with Crippen LogP contribution in [0.25, 0.3) is 0 Å². The monoisotopic (exact) mass is 303 g/mol. The lowest BCUT2D eigenvalue weighted by atomic mass is 9.94. The molecule has 0 unspecified atom stereocenters. The van der Waals surface area contributed by atoms with Gasteiger partial charge in [-0.15, -0.1) is 23.7 Å². The van der Waals surface area contributed by atoms with Crippen LogP contribution in [0.3, 0.4) is 0 Å². The Morgan fingerprint density at radius 2 is 2.16 bits per heavy atom. The maximum atomic E-state index is 11.9. The fourth-order valence-electron chi connectivity index (χ4n) is 2.45. The van der Waals surface area contributed by atoms with Crippen LogP contribution in [-0.4, -0.2) is 35.4 Å². The highest BCUT2D eigenvalue weighted by Gasteiger charge is 2.20. The van der Waals surface area contributed by atoms with Crippen LogP contribution in [0.15, 0.2) is 5.38 Å². The molecule has 0 bridgehead atoms. The third-order valence-electron chi connectivity index (χ3n) is 3.46. The summed E-state index contributed by atoms with van der Waals surface area (Å²) in [6, 6.07) is 0.572. The molecule has 0 radical (unpaired) electrons. The fraction of sp³-hybridized carbons (Fsp3) is 0.692. The predicted molar refractivity (Wildman–Crippen MR) is 82.2 cm³/mol. The summed E-state index contributed by atoms with van der Waals surface area (Å²) >= 11 is 1.48. The number of likely N-dealkylation sites (N-methyl/N-ethyl adjacent to an activating group) is 1. The maximum Gasteiger partial charge on any atom is 0.240 e. The van der Waals surface area contributed by atoms with Gasteiger partial charge in [0.2, 0.25) is 5.91 Å². The van der Waals surface area contributed by atoms with E-state index in [1.54, 1.807) is 0 Å². The normalized spacial score (nSPS) is 16.2. The smallest absolute Gasteiger partial charge is 0.240 e. The lowest BCUT2D eigenvalue weighted by Crippen LogP contribution is -2.39. The van der Waals surface area contributed by atoms with Crippen LogP contribution in [0.1, 0.15) is 37.8 Å². The molecule has 1 fully saturated rings. The quantitative estimate of drug-likeness (QED) is 0.930. The number of nitrogens with one attached hydrogen (secondary N) is 1. The van der Waals surface area contributed by atoms with Gasteiger partial charge in [0.05, 0.1) is 12.2 Å². The van der Waals surface area contributed by atoms with Crippen LogP contribution >= 0.6 is 23.7 Å². The summed E-state index contributed by atoms with van der Waals surface area (Å²) in [7, 11) is 2.04. The molecule has 0 saturated heterocycles. The molecule has 0 aliphatic heterocycles. The van der Waals surface area contributed by atoms with Gasteiger partial charge in [-0.05, 0) is 26.8 Å². The largest absolute Gasteiger partial charge is 0.301 e. The van der Waals surface area contributed by atoms with Gasteiger partial charge in [-0.2, -0.15) is 0 Å². The second kappa shape index (κ2) is 7.82. The molecule has 19 heavy (non-hydrogen) atoms. The number of thiazole rings is 1. The molecule has 1 amide bonds. The van der Waals surface area contributed by atoms with Crippen molar-refractivity contribution in [3.63, 3.8) is 0 Å². The summed E-state index contributed by atoms with van der Waals surface area (Å²) in [5.74, 6) is 0.0393. The molecule has 6 heteroatoms. The van der Waals surface area contributed by atoms with Gasteiger partial charge >= 0.3 is 0 Å². The number of carbonyl (C=O) groups excluding carboxylic acids is 1. The summed E-state index contributed by atoms with van der Waals surface area (Å²) < 4.78 is 0. The highest BCUT2D eigenvalue weighted by Crippen LogP contribution is 2.21. The first-order valence-electron chi connectivity index (χ1n) is 6.57. The molecule has 4 nitrogen and oxygen atoms in total. The minimum absolute atomic E-state index is 0. The Labute approximate surface area is 125 Å². The molecule has 1 saturated carbocycles. The van der Waals surface area contributed by atoms with Crippen LogP contribution in [0.2, 0.25) is 0 Å². The minimum atomic E-state index is 0. The number of hydrogen-bond donors (Lipinski definition) is 1. The van der Waals surface area contributed by atoms with Crippen molar-refractivity contribution in [1.29, 1.82) is 0 Å². The van der Waals surface area contributed by atoms with Crippen molar-refractivity contribution in [3.8, 4) is 0 Å². The van der Waals surface area contributed by atoms with Crippen molar-refractivity contribution in [2.45, 2.75) is 45.1 Å². The molecule has 1 N–H and O–H groups in total. The van der Waals surface area contributed by atoms with Crippen molar-refractivity contribution >= 4 is 34.8 Å². The van der Waals surface area contributed by atoms with E-state index in [2.05, 4.69) is 15.2 Å². The van der Waals surface area contributed by atoms with E-state index in [0.29, 0.717) is 17.7 Å². The van der Waals surface area contributed by atoms with E-state index in [0.717, 1.165) is 5.69 Å². The van der Waals surface area contributed by atoms with E-state index in [1.807, 2.05) is 19.4 Å². The Morgan fingerprint density at radius 1 is 1.47 bits per heavy atom. The molecule has 1 aliphatic rings. The van der Waals surface area contributed by atoms with Crippen molar-refractivity contribution in [1.82, 2.24) is 9.88 Å². The number of amides is 1. The van der Waals surface area contributed by atoms with Gasteiger partial charge in [-0.1, -0.05) is 19.3 Å². The van der Waals surface area contributed by atoms with Gasteiger partial charge in [-0.3, -0.25) is 9.69 Å². The molecule has 2 rings (SSSR count). The fourth-order valence-corrected chi connectivity index (χ4v) is 3.15. The van der Waals surface area contributed by atoms with Crippen LogP contribution in [0.5, 0.6) is 0 Å². The van der Waals surface area contributed by atoms with Gasteiger partial charge < -0.3 is 5.32 Å². The second-order valence-electron chi connectivity index (χ2n) is 5.05. The molecule has 1 aromatic rings. The van der Waals surface area contributed by atoms with E-state index in [9.17, 15) is 4.79 Å². The van der Waals surface area contributed by atoms with Crippen molar-refractivity contribution in [2.24, 2.45) is 0 Å². The molecular weight excluding hydrogens is 282 g/mol. The maximum absolute atomic E-state index is 11.9. The molecule has 108 valence electrons. The first-order chi connectivity index (χ1) is 8.65. The summed E-state index contributed by atoms with van der Waals surface area (Å²) in [6.07, 6.45) is 6.37. The molecular formula is C13H22ClN3OS. The Kier molecular flexibility index (Phi) is 6.75. The van der Waals surface area contributed by atoms with E-state index < -0.39 is 0 Å². The van der Waals surface area contributed by atoms with Gasteiger partial charge in [-0.25, -0.2) is 4.98 Å². The minimum Gasteiger partial charge on any atom is -0.301 e. The van der Waals surface area contributed by atoms with Crippen LogP contribution in [-0.2, 0) is 4.79 Å². The number of anilines is 1. The highest BCUT2D eigenvalue weighted by atomic mass is 35.5. The Bertz CT molecular complexity index is 404. The standard InChI is InChI=1S/C13H21N3OS.ClH/c1-10-9-18-13(14-10)15-12(17)8-16(2)11-6-4-3-5-7-11;/h9,11H,3-8H2,1-2H3,(H,14,15,17);1H. The molecule has 1 aliphatic carbocycles. The third kappa shape index (κ3) is 5.09. The third-order valence-corrected chi connectivity index (χ3v) is 4.33. The lowest BCUT2D eigenvalue weighted by Gasteiger charge is -2.30. The number of rotatable bonds is 4. The molecule has 1 heterocycles. The summed E-state index contributed by atoms with van der Waals surface area (Å²) in [6.45, 7) is 2.39. The van der Waals surface area contributed by atoms with Gasteiger partial charge in [0.25, 0.3) is 0 Å². The SMILES string of the molecule is Cc1csc(NC(=O)CN(C)C2CCCCC2)n1.Cl. The van der Waals surface area contributed by atoms with E-state index in [1.165, 1.54) is 43.4 Å². The summed E-state index contributed by atoms with van der Waals surface area (Å²) in [5, 5.41) is 5.51. The van der Waals surface area contributed by atoms with Crippen molar-refractivity contribution in [3.05, 3.63) is 11.1 Å². The highest BCUT2D eigenvalue weighted by molar-refractivity contribution is 7.13. The average Bonchev–Trinajstić information content (AvgIpc) is 2.75. The van der Waals surface area contributed by atoms with Crippen LogP contribution in [0, 0.1) is 6.92 Å². The molecule has 0 aromatic carbocycles. The van der Waals surface area contributed by atoms with Gasteiger partial charge in [0, 0.05) is 11.4 Å². The van der Waals surface area contributed by atoms with Crippen LogP contribution < -0.4 is 5.32 Å². The summed E-state index contributed by atoms with van der Waals surface area (Å²) in [5.41, 5.74) is 0.955. The molecule has 1 aromatic heterocycles. The lowest BCUT2D eigenvalue weighted by molar-refractivity contribution is -0.117. The predicted octanol–water partition coefficient (Wildman–Crippen LogP) is 3.08. The number of hydrogen-bond acceptors (Lipinski definition) is 4. The van der Waals surface area contributed by atoms with Gasteiger partial charge in [0.15, 0.2) is 5.13 Å². The Morgan fingerprint density at radius 3 is 2.74 bits per heavy atom. The second-order valence-corrected chi connectivity index (χ2v) is 5.91. The van der Waals surface area contributed by atoms with E-state index >= 15 is 0 Å². The zero-order valence-corrected chi connectivity index (χ0v) is 13.1. The zero-order chi connectivity index (χ0) is 13.0. The molecule has 0 spiro atoms. The van der Waals surface area contributed by atoms with Crippen molar-refractivity contribution < 1.29 is 4.79 Å². The topological polar surface area (TPSA) is 45.2 Å². The van der Waals surface area contributed by atoms with Gasteiger partial charge in [0.1, 0.15) is 0 Å². The first kappa shape index (κ1) is 16.4. The summed E-state index contributed by atoms with van der Waals surface area (Å²) in [4.78, 5) is 18.3. The molecule has 0 atom stereocenters. The van der Waals surface area contributed by atoms with Crippen LogP contribution in [0.4, 0.5) is 5.13 Å². The number of aryl methyl sites for hydroxylation is 1. The van der Waals surface area contributed by atoms with E-state index in [4.69, 9.17) is 0 Å². The average molecular weight is 304 g/mol. The Hall–Kier alpha value is -0.650. The van der Waals surface area contributed by atoms with Crippen molar-refractivity contribution in [2.75, 3.05) is 18.9 Å². The van der Waals surface area contributed by atoms with E-state index in [-0.39, 0.29) is 18.3 Å². The number of halogens is 1. The number of nitrogens with zero attached hydrogens (tertiary/aromatic N) is 2. The zero-order valence-electron chi connectivity index (χ0n) is 11.5. The first-order valence-corrected chi connectivity index (χ1v) is 7.45. The number of aromatic nitrogens is 1. The Balaban J connectivity index is 0.00000180.